The number of carboxylic acids is 1. The van der Waals surface area contributed by atoms with Crippen LogP contribution in [0.5, 0.6) is 0 Å². The Morgan fingerprint density at radius 3 is 2.53 bits per heavy atom. The maximum atomic E-state index is 13.5. The van der Waals surface area contributed by atoms with Crippen LogP contribution in [0.1, 0.15) is 69.4 Å². The summed E-state index contributed by atoms with van der Waals surface area (Å²) >= 11 is 0. The van der Waals surface area contributed by atoms with Crippen LogP contribution in [-0.4, -0.2) is 35.2 Å². The zero-order valence-electron chi connectivity index (χ0n) is 20.5. The van der Waals surface area contributed by atoms with E-state index in [1.807, 2.05) is 42.5 Å². The monoisotopic (exact) mass is 466 g/mol. The standard InChI is InChI=1S/C28H38N2O4/c1-3-4-10-22-13-16-29-25(18-22)30-27(33)28(14-8-9-15-28)20-23(26(31)32)19-24(34-2)17-21-11-6-5-7-12-21/h5-7,11-13,16,18,23-24H,3-4,8-10,14-15,17,19-20H2,1-2H3,(H,31,32)(H,29,30,33). The third-order valence-electron chi connectivity index (χ3n) is 7.10. The van der Waals surface area contributed by atoms with Crippen LogP contribution in [0.15, 0.2) is 48.7 Å². The van der Waals surface area contributed by atoms with Crippen LogP contribution in [0.2, 0.25) is 0 Å². The third kappa shape index (κ3) is 7.13. The van der Waals surface area contributed by atoms with Crippen molar-refractivity contribution in [3.63, 3.8) is 0 Å². The first kappa shape index (κ1) is 25.9. The van der Waals surface area contributed by atoms with E-state index in [9.17, 15) is 14.7 Å². The van der Waals surface area contributed by atoms with Crippen LogP contribution >= 0.6 is 0 Å². The minimum Gasteiger partial charge on any atom is -0.481 e. The molecule has 2 atom stereocenters. The predicted molar refractivity (Wildman–Crippen MR) is 134 cm³/mol. The van der Waals surface area contributed by atoms with E-state index in [1.165, 1.54) is 0 Å². The van der Waals surface area contributed by atoms with Gasteiger partial charge in [-0.25, -0.2) is 4.98 Å². The van der Waals surface area contributed by atoms with E-state index < -0.39 is 17.3 Å². The number of rotatable bonds is 13. The molecule has 2 N–H and O–H groups in total. The molecule has 6 nitrogen and oxygen atoms in total. The summed E-state index contributed by atoms with van der Waals surface area (Å²) in [4.78, 5) is 30.1. The Bertz CT molecular complexity index is 925. The number of ether oxygens (including phenoxy) is 1. The number of methoxy groups -OCH3 is 1. The lowest BCUT2D eigenvalue weighted by atomic mass is 9.75. The van der Waals surface area contributed by atoms with E-state index in [-0.39, 0.29) is 12.0 Å². The Hall–Kier alpha value is -2.73. The van der Waals surface area contributed by atoms with Gasteiger partial charge in [-0.05, 0) is 68.2 Å². The topological polar surface area (TPSA) is 88.5 Å². The Morgan fingerprint density at radius 2 is 1.88 bits per heavy atom. The van der Waals surface area contributed by atoms with Gasteiger partial charge < -0.3 is 15.2 Å². The fraction of sp³-hybridized carbons (Fsp3) is 0.536. The highest BCUT2D eigenvalue weighted by Gasteiger charge is 2.44. The van der Waals surface area contributed by atoms with Crippen molar-refractivity contribution in [3.05, 3.63) is 59.8 Å². The number of benzene rings is 1. The summed E-state index contributed by atoms with van der Waals surface area (Å²) in [5, 5.41) is 13.1. The van der Waals surface area contributed by atoms with Gasteiger partial charge in [0.2, 0.25) is 5.91 Å². The van der Waals surface area contributed by atoms with Crippen LogP contribution in [0, 0.1) is 11.3 Å². The summed E-state index contributed by atoms with van der Waals surface area (Å²) in [6.07, 6.45) is 9.27. The van der Waals surface area contributed by atoms with Crippen molar-refractivity contribution in [2.24, 2.45) is 11.3 Å². The number of carbonyl (C=O) groups excluding carboxylic acids is 1. The van der Waals surface area contributed by atoms with Crippen molar-refractivity contribution in [1.29, 1.82) is 0 Å². The molecule has 1 heterocycles. The van der Waals surface area contributed by atoms with Crippen LogP contribution in [0.4, 0.5) is 5.82 Å². The summed E-state index contributed by atoms with van der Waals surface area (Å²) in [5.74, 6) is -1.07. The van der Waals surface area contributed by atoms with E-state index in [2.05, 4.69) is 17.2 Å². The van der Waals surface area contributed by atoms with Crippen molar-refractivity contribution in [2.75, 3.05) is 12.4 Å². The number of amides is 1. The van der Waals surface area contributed by atoms with E-state index in [4.69, 9.17) is 4.74 Å². The summed E-state index contributed by atoms with van der Waals surface area (Å²) in [6, 6.07) is 13.9. The number of carboxylic acid groups (broad SMARTS) is 1. The van der Waals surface area contributed by atoms with Crippen molar-refractivity contribution >= 4 is 17.7 Å². The number of nitrogens with one attached hydrogen (secondary N) is 1. The van der Waals surface area contributed by atoms with Gasteiger partial charge in [-0.15, -0.1) is 0 Å². The average Bonchev–Trinajstić information content (AvgIpc) is 3.32. The molecule has 0 radical (unpaired) electrons. The largest absolute Gasteiger partial charge is 0.481 e. The number of hydrogen-bond acceptors (Lipinski definition) is 4. The number of nitrogens with zero attached hydrogens (tertiary/aromatic N) is 1. The maximum absolute atomic E-state index is 13.5. The highest BCUT2D eigenvalue weighted by atomic mass is 16.5. The molecule has 1 fully saturated rings. The van der Waals surface area contributed by atoms with Gasteiger partial charge in [-0.2, -0.15) is 0 Å². The van der Waals surface area contributed by atoms with Gasteiger partial charge >= 0.3 is 5.97 Å². The van der Waals surface area contributed by atoms with E-state index >= 15 is 0 Å². The number of aromatic nitrogens is 1. The molecule has 0 bridgehead atoms. The van der Waals surface area contributed by atoms with Gasteiger partial charge in [0.25, 0.3) is 0 Å². The minimum absolute atomic E-state index is 0.103. The molecular formula is C28H38N2O4. The lowest BCUT2D eigenvalue weighted by Gasteiger charge is -2.31. The van der Waals surface area contributed by atoms with Crippen LogP contribution < -0.4 is 5.32 Å². The molecule has 3 rings (SSSR count). The molecule has 2 unspecified atom stereocenters. The van der Waals surface area contributed by atoms with E-state index in [0.29, 0.717) is 37.9 Å². The number of aliphatic carboxylic acids is 1. The van der Waals surface area contributed by atoms with Crippen molar-refractivity contribution < 1.29 is 19.4 Å². The SMILES string of the molecule is CCCCc1ccnc(NC(=O)C2(CC(CC(Cc3ccccc3)OC)C(=O)O)CCCC2)c1. The molecule has 0 spiro atoms. The Morgan fingerprint density at radius 1 is 1.15 bits per heavy atom. The molecule has 1 aliphatic carbocycles. The lowest BCUT2D eigenvalue weighted by molar-refractivity contribution is -0.145. The lowest BCUT2D eigenvalue weighted by Crippen LogP contribution is -2.38. The highest BCUT2D eigenvalue weighted by molar-refractivity contribution is 5.95. The summed E-state index contributed by atoms with van der Waals surface area (Å²) in [7, 11) is 1.63. The molecule has 0 saturated heterocycles. The van der Waals surface area contributed by atoms with Gasteiger partial charge in [0.1, 0.15) is 5.82 Å². The number of hydrogen-bond donors (Lipinski definition) is 2. The number of unbranched alkanes of at least 4 members (excludes halogenated alkanes) is 1. The Labute approximate surface area is 203 Å². The van der Waals surface area contributed by atoms with E-state index in [1.54, 1.807) is 13.3 Å². The average molecular weight is 467 g/mol. The molecule has 0 aliphatic heterocycles. The Balaban J connectivity index is 1.71. The molecule has 2 aromatic rings. The zero-order chi connectivity index (χ0) is 24.4. The third-order valence-corrected chi connectivity index (χ3v) is 7.10. The predicted octanol–water partition coefficient (Wildman–Crippen LogP) is 5.66. The summed E-state index contributed by atoms with van der Waals surface area (Å²) in [5.41, 5.74) is 1.58. The molecule has 1 saturated carbocycles. The summed E-state index contributed by atoms with van der Waals surface area (Å²) in [6.45, 7) is 2.15. The second-order valence-electron chi connectivity index (χ2n) is 9.62. The van der Waals surface area contributed by atoms with E-state index in [0.717, 1.165) is 43.2 Å². The van der Waals surface area contributed by atoms with Crippen LogP contribution in [0.3, 0.4) is 0 Å². The van der Waals surface area contributed by atoms with Gasteiger partial charge in [0.05, 0.1) is 17.4 Å². The number of carbonyl (C=O) groups is 2. The normalized spacial score (nSPS) is 16.6. The molecule has 1 aliphatic rings. The Kier molecular flexibility index (Phi) is 9.63. The second kappa shape index (κ2) is 12.7. The maximum Gasteiger partial charge on any atom is 0.306 e. The van der Waals surface area contributed by atoms with Crippen LogP contribution in [0.25, 0.3) is 0 Å². The van der Waals surface area contributed by atoms with Crippen molar-refractivity contribution in [3.8, 4) is 0 Å². The zero-order valence-corrected chi connectivity index (χ0v) is 20.5. The summed E-state index contributed by atoms with van der Waals surface area (Å²) < 4.78 is 5.66. The van der Waals surface area contributed by atoms with Gasteiger partial charge in [0.15, 0.2) is 0 Å². The fourth-order valence-corrected chi connectivity index (χ4v) is 5.10. The first-order chi connectivity index (χ1) is 16.5. The minimum atomic E-state index is -0.867. The van der Waals surface area contributed by atoms with Crippen molar-refractivity contribution in [1.82, 2.24) is 4.98 Å². The number of pyridine rings is 1. The van der Waals surface area contributed by atoms with Crippen molar-refractivity contribution in [2.45, 2.75) is 77.2 Å². The van der Waals surface area contributed by atoms with Crippen LogP contribution in [-0.2, 0) is 27.2 Å². The second-order valence-corrected chi connectivity index (χ2v) is 9.62. The molecule has 6 heteroatoms. The molecular weight excluding hydrogens is 428 g/mol. The molecule has 1 aromatic heterocycles. The molecule has 34 heavy (non-hydrogen) atoms. The number of anilines is 1. The number of aryl methyl sites for hydroxylation is 1. The molecule has 1 aromatic carbocycles. The first-order valence-corrected chi connectivity index (χ1v) is 12.5. The molecule has 1 amide bonds. The highest BCUT2D eigenvalue weighted by Crippen LogP contribution is 2.45. The van der Waals surface area contributed by atoms with Gasteiger partial charge in [0, 0.05) is 13.3 Å². The fourth-order valence-electron chi connectivity index (χ4n) is 5.10. The quantitative estimate of drug-likeness (QED) is 0.397. The smallest absolute Gasteiger partial charge is 0.306 e. The first-order valence-electron chi connectivity index (χ1n) is 12.5. The van der Waals surface area contributed by atoms with Gasteiger partial charge in [-0.1, -0.05) is 56.5 Å². The molecule has 184 valence electrons. The van der Waals surface area contributed by atoms with Gasteiger partial charge in [-0.3, -0.25) is 9.59 Å².